The van der Waals surface area contributed by atoms with Crippen LogP contribution in [0.1, 0.15) is 32.6 Å². The Balaban J connectivity index is 0.000000225. The Morgan fingerprint density at radius 3 is 1.76 bits per heavy atom. The van der Waals surface area contributed by atoms with E-state index in [1.54, 1.807) is 12.4 Å². The molecule has 0 bridgehead atoms. The van der Waals surface area contributed by atoms with Crippen LogP contribution in [0.25, 0.3) is 21.8 Å². The fourth-order valence-electron chi connectivity index (χ4n) is 6.56. The molecule has 4 atom stereocenters. The van der Waals surface area contributed by atoms with Gasteiger partial charge in [0.25, 0.3) is 0 Å². The number of carbonyl (C=O) groups is 2. The quantitative estimate of drug-likeness (QED) is 0.139. The summed E-state index contributed by atoms with van der Waals surface area (Å²) in [5, 5.41) is 33.4. The predicted molar refractivity (Wildman–Crippen MR) is 186 cm³/mol. The fraction of sp³-hybridized carbons (Fsp3) is 0.474. The minimum Gasteiger partial charge on any atom is -0.550 e. The first-order valence-corrected chi connectivity index (χ1v) is 17.4. The third kappa shape index (κ3) is 11.9. The maximum absolute atomic E-state index is 11.9. The van der Waals surface area contributed by atoms with Crippen molar-refractivity contribution in [3.63, 3.8) is 0 Å². The number of rotatable bonds is 13. The number of benzene rings is 2. The molecule has 0 saturated carbocycles. The molecule has 6 rings (SSSR count). The molecule has 13 heteroatoms. The minimum absolute atomic E-state index is 0. The van der Waals surface area contributed by atoms with Crippen LogP contribution in [0.2, 0.25) is 0 Å². The van der Waals surface area contributed by atoms with E-state index in [2.05, 4.69) is 14.9 Å². The number of aliphatic hydroxyl groups excluding tert-OH is 2. The number of nitrogens with zero attached hydrogens (tertiary/aromatic N) is 4. The first-order chi connectivity index (χ1) is 24.3. The summed E-state index contributed by atoms with van der Waals surface area (Å²) >= 11 is 0. The zero-order valence-electron chi connectivity index (χ0n) is 29.6. The molecule has 2 fully saturated rings. The van der Waals surface area contributed by atoms with Gasteiger partial charge in [-0.25, -0.2) is 0 Å². The average molecular weight is 695 g/mol. The van der Waals surface area contributed by atoms with Crippen molar-refractivity contribution in [1.82, 2.24) is 19.8 Å². The Morgan fingerprint density at radius 1 is 0.784 bits per heavy atom. The number of hydrogen-bond acceptors (Lipinski definition) is 12. The molecular weight excluding hydrogens is 647 g/mol. The molecule has 51 heavy (non-hydrogen) atoms. The molecule has 2 saturated heterocycles. The Morgan fingerprint density at radius 2 is 1.27 bits per heavy atom. The van der Waals surface area contributed by atoms with Gasteiger partial charge in [-0.1, -0.05) is 12.1 Å². The molecule has 0 aliphatic carbocycles. The minimum atomic E-state index is -1.01. The standard InChI is InChI=1S/C20H26N2O4.C18H22N2O4.Li/c1-2-25-20(24)15-6-5-11-22(12-15)13-16(23)14-26-19-9-3-8-18-17(19)7-4-10-21-18;21-14(11-20-9-3-4-13(10-20)18(22)23)12-24-17-7-1-6-16-15(17)5-2-8-19-16;/h3-4,7-10,15-16,23H,2,5-6,11-14H2,1H3;1-2,5-8,13-14,21H,3-4,9-12H2,(H,22,23);/q;;+1/p-1/t15?,16-;13?,14-;/m11./s1. The van der Waals surface area contributed by atoms with Crippen LogP contribution in [0.5, 0.6) is 11.5 Å². The molecule has 4 heterocycles. The van der Waals surface area contributed by atoms with Gasteiger partial charge in [0.2, 0.25) is 0 Å². The number of hydrogen-bond donors (Lipinski definition) is 2. The molecule has 0 amide bonds. The van der Waals surface area contributed by atoms with Crippen molar-refractivity contribution in [3.05, 3.63) is 73.1 Å². The van der Waals surface area contributed by atoms with Crippen LogP contribution in [0.3, 0.4) is 0 Å². The van der Waals surface area contributed by atoms with E-state index in [9.17, 15) is 24.9 Å². The molecule has 2 aliphatic rings. The number of carbonyl (C=O) groups excluding carboxylic acids is 2. The number of piperidine rings is 2. The molecular formula is C38H47LiN4O8. The van der Waals surface area contributed by atoms with E-state index in [4.69, 9.17) is 14.2 Å². The Hall–Kier alpha value is -3.76. The summed E-state index contributed by atoms with van der Waals surface area (Å²) in [5.74, 6) is -0.277. The van der Waals surface area contributed by atoms with Gasteiger partial charge in [-0.05, 0) is 94.2 Å². The van der Waals surface area contributed by atoms with Crippen molar-refractivity contribution in [2.24, 2.45) is 11.8 Å². The fourth-order valence-corrected chi connectivity index (χ4v) is 6.56. The summed E-state index contributed by atoms with van der Waals surface area (Å²) in [6.07, 6.45) is 5.41. The van der Waals surface area contributed by atoms with Crippen LogP contribution in [0, 0.1) is 11.8 Å². The smallest absolute Gasteiger partial charge is 0.550 e. The third-order valence-electron chi connectivity index (χ3n) is 8.98. The zero-order chi connectivity index (χ0) is 35.3. The number of fused-ring (bicyclic) bond motifs is 2. The van der Waals surface area contributed by atoms with E-state index < -0.39 is 24.1 Å². The molecule has 12 nitrogen and oxygen atoms in total. The topological polar surface area (TPSA) is 158 Å². The molecule has 2 N–H and O–H groups in total. The average Bonchev–Trinajstić information content (AvgIpc) is 3.13. The normalized spacial score (nSPS) is 19.2. The molecule has 2 aliphatic heterocycles. The predicted octanol–water partition coefficient (Wildman–Crippen LogP) is -0.310. The summed E-state index contributed by atoms with van der Waals surface area (Å²) in [7, 11) is 0. The number of pyridine rings is 2. The number of ether oxygens (including phenoxy) is 3. The van der Waals surface area contributed by atoms with Gasteiger partial charge in [0, 0.05) is 61.2 Å². The second kappa shape index (κ2) is 20.3. The summed E-state index contributed by atoms with van der Waals surface area (Å²) in [5.41, 5.74) is 1.71. The van der Waals surface area contributed by atoms with Crippen LogP contribution in [0.15, 0.2) is 73.1 Å². The summed E-state index contributed by atoms with van der Waals surface area (Å²) < 4.78 is 16.7. The van der Waals surface area contributed by atoms with Gasteiger partial charge >= 0.3 is 24.8 Å². The number of esters is 1. The molecule has 2 unspecified atom stereocenters. The molecule has 4 aromatic rings. The van der Waals surface area contributed by atoms with E-state index in [1.165, 1.54) is 0 Å². The Bertz CT molecular complexity index is 1690. The number of carboxylic acids is 1. The molecule has 2 aromatic heterocycles. The van der Waals surface area contributed by atoms with Crippen LogP contribution in [0.4, 0.5) is 0 Å². The SMILES string of the molecule is CCOC(=O)C1CCCN(C[C@@H](O)COc2cccc3ncccc23)C1.O=C([O-])C1CCCN(C[C@@H](O)COc2cccc3ncccc23)C1.[Li+]. The number of aliphatic hydroxyl groups is 2. The van der Waals surface area contributed by atoms with E-state index in [1.807, 2.05) is 72.5 Å². The number of carboxylic acid groups (broad SMARTS) is 1. The van der Waals surface area contributed by atoms with Gasteiger partial charge in [-0.15, -0.1) is 0 Å². The summed E-state index contributed by atoms with van der Waals surface area (Å²) in [6.45, 7) is 6.20. The second-order valence-electron chi connectivity index (χ2n) is 12.9. The van der Waals surface area contributed by atoms with Crippen molar-refractivity contribution in [1.29, 1.82) is 0 Å². The largest absolute Gasteiger partial charge is 1.00 e. The third-order valence-corrected chi connectivity index (χ3v) is 8.98. The van der Waals surface area contributed by atoms with Crippen molar-refractivity contribution >= 4 is 33.7 Å². The number of β-amino-alcohol motifs (C(OH)–C–C–N with tert-alkyl or cyclic N) is 2. The molecule has 268 valence electrons. The number of aromatic nitrogens is 2. The maximum atomic E-state index is 11.9. The first kappa shape index (κ1) is 40.0. The van der Waals surface area contributed by atoms with E-state index in [0.717, 1.165) is 59.9 Å². The van der Waals surface area contributed by atoms with Crippen molar-refractivity contribution in [3.8, 4) is 11.5 Å². The van der Waals surface area contributed by atoms with Gasteiger partial charge in [-0.3, -0.25) is 24.6 Å². The van der Waals surface area contributed by atoms with Gasteiger partial charge in [0.05, 0.1) is 23.6 Å². The molecule has 2 aromatic carbocycles. The first-order valence-electron chi connectivity index (χ1n) is 17.4. The zero-order valence-corrected chi connectivity index (χ0v) is 29.6. The van der Waals surface area contributed by atoms with Gasteiger partial charge in [0.15, 0.2) is 0 Å². The van der Waals surface area contributed by atoms with Crippen molar-refractivity contribution in [2.75, 3.05) is 59.1 Å². The monoisotopic (exact) mass is 694 g/mol. The van der Waals surface area contributed by atoms with Crippen LogP contribution >= 0.6 is 0 Å². The van der Waals surface area contributed by atoms with Crippen molar-refractivity contribution in [2.45, 2.75) is 44.8 Å². The van der Waals surface area contributed by atoms with Crippen LogP contribution in [-0.4, -0.2) is 113 Å². The molecule has 0 radical (unpaired) electrons. The van der Waals surface area contributed by atoms with E-state index >= 15 is 0 Å². The Labute approximate surface area is 310 Å². The summed E-state index contributed by atoms with van der Waals surface area (Å²) in [6, 6.07) is 18.9. The van der Waals surface area contributed by atoms with Gasteiger partial charge in [-0.2, -0.15) is 0 Å². The van der Waals surface area contributed by atoms with E-state index in [0.29, 0.717) is 45.0 Å². The van der Waals surface area contributed by atoms with Crippen LogP contribution < -0.4 is 33.4 Å². The Kier molecular flexibility index (Phi) is 15.9. The number of likely N-dealkylation sites (tertiary alicyclic amines) is 2. The second-order valence-corrected chi connectivity index (χ2v) is 12.9. The maximum Gasteiger partial charge on any atom is 1.00 e. The summed E-state index contributed by atoms with van der Waals surface area (Å²) in [4.78, 5) is 35.6. The van der Waals surface area contributed by atoms with Gasteiger partial charge in [0.1, 0.15) is 36.9 Å². The van der Waals surface area contributed by atoms with E-state index in [-0.39, 0.29) is 44.0 Å². The van der Waals surface area contributed by atoms with Crippen LogP contribution in [-0.2, 0) is 14.3 Å². The van der Waals surface area contributed by atoms with Crippen molar-refractivity contribution < 1.29 is 58.0 Å². The van der Waals surface area contributed by atoms with Gasteiger partial charge < -0.3 is 34.3 Å². The molecule has 0 spiro atoms. The number of aliphatic carboxylic acids is 1.